The van der Waals surface area contributed by atoms with E-state index in [-0.39, 0.29) is 11.8 Å². The second kappa shape index (κ2) is 10.2. The first-order valence-electron chi connectivity index (χ1n) is 9.44. The maximum atomic E-state index is 12.3. The van der Waals surface area contributed by atoms with E-state index in [0.717, 1.165) is 22.7 Å². The fourth-order valence-electron chi connectivity index (χ4n) is 2.70. The number of ether oxygens (including phenoxy) is 1. The quantitative estimate of drug-likeness (QED) is 0.478. The number of nitrogens with one attached hydrogen (secondary N) is 1. The standard InChI is InChI=1S/C22H22N4O2S2/c1-14(2)17-9-8-15(12-23)21(24-17)29-11-10-20(27)26-22-25-18(13-30-22)16-6-4-5-7-19(16)28-3/h4-9,13-14H,10-11H2,1-3H3,(H,25,26,27). The van der Waals surface area contributed by atoms with Crippen molar-refractivity contribution in [2.45, 2.75) is 31.2 Å². The number of nitrogens with zero attached hydrogens (tertiary/aromatic N) is 3. The van der Waals surface area contributed by atoms with Crippen molar-refractivity contribution in [2.75, 3.05) is 18.2 Å². The highest BCUT2D eigenvalue weighted by molar-refractivity contribution is 7.99. The summed E-state index contributed by atoms with van der Waals surface area (Å²) in [7, 11) is 1.62. The summed E-state index contributed by atoms with van der Waals surface area (Å²) in [5.74, 6) is 1.42. The number of pyridine rings is 1. The molecule has 0 saturated heterocycles. The first-order valence-corrected chi connectivity index (χ1v) is 11.3. The summed E-state index contributed by atoms with van der Waals surface area (Å²) < 4.78 is 5.37. The number of carbonyl (C=O) groups excluding carboxylic acids is 1. The summed E-state index contributed by atoms with van der Waals surface area (Å²) in [4.78, 5) is 21.4. The second-order valence-corrected chi connectivity index (χ2v) is 8.68. The van der Waals surface area contributed by atoms with Gasteiger partial charge in [-0.25, -0.2) is 9.97 Å². The predicted molar refractivity (Wildman–Crippen MR) is 121 cm³/mol. The van der Waals surface area contributed by atoms with Crippen LogP contribution >= 0.6 is 23.1 Å². The lowest BCUT2D eigenvalue weighted by Gasteiger charge is -2.08. The molecule has 2 aromatic heterocycles. The van der Waals surface area contributed by atoms with Gasteiger partial charge in [-0.2, -0.15) is 5.26 Å². The summed E-state index contributed by atoms with van der Waals surface area (Å²) in [6.07, 6.45) is 0.298. The molecule has 0 bridgehead atoms. The first-order chi connectivity index (χ1) is 14.5. The van der Waals surface area contributed by atoms with E-state index in [2.05, 4.69) is 35.2 Å². The van der Waals surface area contributed by atoms with E-state index in [1.165, 1.54) is 23.1 Å². The number of thioether (sulfide) groups is 1. The van der Waals surface area contributed by atoms with Crippen LogP contribution in [-0.2, 0) is 4.79 Å². The molecule has 3 aromatic rings. The third kappa shape index (κ3) is 5.38. The number of methoxy groups -OCH3 is 1. The molecule has 2 heterocycles. The largest absolute Gasteiger partial charge is 0.496 e. The van der Waals surface area contributed by atoms with Crippen LogP contribution in [0.25, 0.3) is 11.3 Å². The van der Waals surface area contributed by atoms with Gasteiger partial charge >= 0.3 is 0 Å². The first kappa shape index (κ1) is 21.8. The lowest BCUT2D eigenvalue weighted by atomic mass is 10.1. The van der Waals surface area contributed by atoms with E-state index >= 15 is 0 Å². The van der Waals surface area contributed by atoms with Gasteiger partial charge in [0.1, 0.15) is 16.8 Å². The molecule has 154 valence electrons. The number of para-hydroxylation sites is 1. The molecule has 0 unspecified atom stereocenters. The minimum atomic E-state index is -0.123. The van der Waals surface area contributed by atoms with Crippen molar-refractivity contribution in [3.63, 3.8) is 0 Å². The zero-order chi connectivity index (χ0) is 21.5. The number of aromatic nitrogens is 2. The number of hydrogen-bond donors (Lipinski definition) is 1. The SMILES string of the molecule is COc1ccccc1-c1csc(NC(=O)CCSc2nc(C(C)C)ccc2C#N)n1. The summed E-state index contributed by atoms with van der Waals surface area (Å²) in [6.45, 7) is 4.12. The van der Waals surface area contributed by atoms with Gasteiger partial charge in [-0.05, 0) is 30.2 Å². The zero-order valence-corrected chi connectivity index (χ0v) is 18.6. The van der Waals surface area contributed by atoms with Crippen LogP contribution in [0.4, 0.5) is 5.13 Å². The number of thiazole rings is 1. The van der Waals surface area contributed by atoms with Gasteiger partial charge in [-0.3, -0.25) is 4.79 Å². The monoisotopic (exact) mass is 438 g/mol. The van der Waals surface area contributed by atoms with Crippen molar-refractivity contribution in [2.24, 2.45) is 0 Å². The van der Waals surface area contributed by atoms with Gasteiger partial charge in [0, 0.05) is 28.8 Å². The summed E-state index contributed by atoms with van der Waals surface area (Å²) in [6, 6.07) is 13.5. The van der Waals surface area contributed by atoms with Crippen molar-refractivity contribution < 1.29 is 9.53 Å². The van der Waals surface area contributed by atoms with Crippen LogP contribution in [0, 0.1) is 11.3 Å². The maximum absolute atomic E-state index is 12.3. The lowest BCUT2D eigenvalue weighted by Crippen LogP contribution is -2.12. The van der Waals surface area contributed by atoms with Crippen LogP contribution in [0.2, 0.25) is 0 Å². The van der Waals surface area contributed by atoms with E-state index in [1.807, 2.05) is 35.7 Å². The van der Waals surface area contributed by atoms with Crippen LogP contribution in [0.15, 0.2) is 46.8 Å². The number of carbonyl (C=O) groups is 1. The molecule has 0 aliphatic heterocycles. The predicted octanol–water partition coefficient (Wildman–Crippen LogP) is 5.33. The van der Waals surface area contributed by atoms with Crippen molar-refractivity contribution in [1.82, 2.24) is 9.97 Å². The van der Waals surface area contributed by atoms with Gasteiger partial charge < -0.3 is 10.1 Å². The number of amides is 1. The van der Waals surface area contributed by atoms with Crippen molar-refractivity contribution in [3.8, 4) is 23.1 Å². The van der Waals surface area contributed by atoms with Crippen molar-refractivity contribution in [1.29, 1.82) is 5.26 Å². The van der Waals surface area contributed by atoms with E-state index in [9.17, 15) is 10.1 Å². The van der Waals surface area contributed by atoms with Gasteiger partial charge in [0.2, 0.25) is 5.91 Å². The molecule has 0 atom stereocenters. The summed E-state index contributed by atoms with van der Waals surface area (Å²) in [5, 5.41) is 15.2. The summed E-state index contributed by atoms with van der Waals surface area (Å²) in [5.41, 5.74) is 3.11. The fourth-order valence-corrected chi connectivity index (χ4v) is 4.35. The average Bonchev–Trinajstić information content (AvgIpc) is 3.21. The number of rotatable bonds is 8. The molecule has 0 aliphatic carbocycles. The Hall–Kier alpha value is -2.89. The molecule has 0 saturated carbocycles. The Labute approximate surface area is 184 Å². The number of nitriles is 1. The van der Waals surface area contributed by atoms with E-state index < -0.39 is 0 Å². The van der Waals surface area contributed by atoms with Gasteiger partial charge in [0.15, 0.2) is 5.13 Å². The van der Waals surface area contributed by atoms with Crippen LogP contribution in [0.5, 0.6) is 5.75 Å². The Morgan fingerprint density at radius 2 is 2.07 bits per heavy atom. The van der Waals surface area contributed by atoms with Crippen LogP contribution in [-0.4, -0.2) is 28.7 Å². The number of hydrogen-bond acceptors (Lipinski definition) is 7. The van der Waals surface area contributed by atoms with Gasteiger partial charge in [0.25, 0.3) is 0 Å². The third-order valence-electron chi connectivity index (χ3n) is 4.30. The lowest BCUT2D eigenvalue weighted by molar-refractivity contribution is -0.115. The molecule has 1 aromatic carbocycles. The smallest absolute Gasteiger partial charge is 0.226 e. The Morgan fingerprint density at radius 3 is 2.80 bits per heavy atom. The molecule has 8 heteroatoms. The fraction of sp³-hybridized carbons (Fsp3) is 0.273. The van der Waals surface area contributed by atoms with Gasteiger partial charge in [-0.1, -0.05) is 26.0 Å². The molecule has 6 nitrogen and oxygen atoms in total. The Bertz CT molecular complexity index is 1070. The Morgan fingerprint density at radius 1 is 1.27 bits per heavy atom. The maximum Gasteiger partial charge on any atom is 0.226 e. The van der Waals surface area contributed by atoms with Crippen molar-refractivity contribution in [3.05, 3.63) is 53.0 Å². The Balaban J connectivity index is 1.58. The summed E-state index contributed by atoms with van der Waals surface area (Å²) >= 11 is 2.79. The van der Waals surface area contributed by atoms with Gasteiger partial charge in [0.05, 0.1) is 18.4 Å². The molecule has 0 spiro atoms. The Kier molecular flexibility index (Phi) is 7.44. The van der Waals surface area contributed by atoms with E-state index in [0.29, 0.717) is 27.9 Å². The molecule has 0 fully saturated rings. The second-order valence-electron chi connectivity index (χ2n) is 6.74. The van der Waals surface area contributed by atoms with Crippen LogP contribution in [0.1, 0.15) is 37.4 Å². The molecule has 0 aliphatic rings. The third-order valence-corrected chi connectivity index (χ3v) is 6.05. The highest BCUT2D eigenvalue weighted by Gasteiger charge is 2.13. The molecule has 0 radical (unpaired) electrons. The highest BCUT2D eigenvalue weighted by Crippen LogP contribution is 2.32. The number of anilines is 1. The average molecular weight is 439 g/mol. The molecule has 1 amide bonds. The number of benzene rings is 1. The normalized spacial score (nSPS) is 10.6. The molecule has 1 N–H and O–H groups in total. The molecule has 30 heavy (non-hydrogen) atoms. The minimum absolute atomic E-state index is 0.123. The van der Waals surface area contributed by atoms with Gasteiger partial charge in [-0.15, -0.1) is 23.1 Å². The van der Waals surface area contributed by atoms with E-state index in [1.54, 1.807) is 13.2 Å². The molecular formula is C22H22N4O2S2. The molecular weight excluding hydrogens is 416 g/mol. The zero-order valence-electron chi connectivity index (χ0n) is 17.0. The van der Waals surface area contributed by atoms with Crippen molar-refractivity contribution >= 4 is 34.1 Å². The minimum Gasteiger partial charge on any atom is -0.496 e. The topological polar surface area (TPSA) is 87.9 Å². The van der Waals surface area contributed by atoms with Crippen LogP contribution < -0.4 is 10.1 Å². The van der Waals surface area contributed by atoms with E-state index in [4.69, 9.17) is 4.74 Å². The van der Waals surface area contributed by atoms with Crippen LogP contribution in [0.3, 0.4) is 0 Å². The molecule has 3 rings (SSSR count). The highest BCUT2D eigenvalue weighted by atomic mass is 32.2.